The molecule has 2 atom stereocenters. The average molecular weight is 341 g/mol. The highest BCUT2D eigenvalue weighted by atomic mass is 19.4. The number of hydrogen-bond acceptors (Lipinski definition) is 3. The van der Waals surface area contributed by atoms with Crippen molar-refractivity contribution in [3.8, 4) is 0 Å². The molecule has 2 aliphatic heterocycles. The normalized spacial score (nSPS) is 25.1. The Hall–Kier alpha value is -1.63. The number of hydrogen-bond donors (Lipinski definition) is 1. The van der Waals surface area contributed by atoms with Gasteiger partial charge in [-0.3, -0.25) is 4.79 Å². The number of nitrogens with one attached hydrogen (secondary N) is 1. The number of fused-ring (bicyclic) bond motifs is 1. The minimum atomic E-state index is -4.49. The molecule has 0 aromatic carbocycles. The summed E-state index contributed by atoms with van der Waals surface area (Å²) in [6.45, 7) is 3.07. The van der Waals surface area contributed by atoms with Gasteiger partial charge < -0.3 is 10.2 Å². The Labute approximate surface area is 139 Å². The number of pyridine rings is 1. The highest BCUT2D eigenvalue weighted by Gasteiger charge is 2.38. The molecule has 0 radical (unpaired) electrons. The maximum atomic E-state index is 12.9. The van der Waals surface area contributed by atoms with E-state index in [9.17, 15) is 18.0 Å². The Balaban J connectivity index is 1.81. The predicted octanol–water partition coefficient (Wildman–Crippen LogP) is 3.16. The fourth-order valence-electron chi connectivity index (χ4n) is 3.74. The molecule has 1 amide bonds. The van der Waals surface area contributed by atoms with Crippen molar-refractivity contribution >= 4 is 5.91 Å². The lowest BCUT2D eigenvalue weighted by molar-refractivity contribution is -0.141. The second-order valence-corrected chi connectivity index (χ2v) is 6.59. The third kappa shape index (κ3) is 3.41. The topological polar surface area (TPSA) is 45.2 Å². The molecular formula is C17H22F3N3O. The van der Waals surface area contributed by atoms with Gasteiger partial charge in [-0.1, -0.05) is 12.8 Å². The first kappa shape index (κ1) is 17.2. The second kappa shape index (κ2) is 6.70. The molecule has 0 aliphatic carbocycles. The lowest BCUT2D eigenvalue weighted by atomic mass is 9.98. The number of carbonyl (C=O) groups is 1. The van der Waals surface area contributed by atoms with E-state index >= 15 is 0 Å². The SMILES string of the molecule is Cc1nc(C(F)(F)F)ccc1C(=O)N1CC[C@H]2NCCCCC[C@H]21. The van der Waals surface area contributed by atoms with Crippen LogP contribution in [0.3, 0.4) is 0 Å². The Bertz CT molecular complexity index is 618. The minimum absolute atomic E-state index is 0.125. The third-order valence-corrected chi connectivity index (χ3v) is 5.00. The van der Waals surface area contributed by atoms with Crippen LogP contribution in [0.5, 0.6) is 0 Å². The van der Waals surface area contributed by atoms with Gasteiger partial charge in [0.25, 0.3) is 5.91 Å². The fourth-order valence-corrected chi connectivity index (χ4v) is 3.74. The number of nitrogens with zero attached hydrogens (tertiary/aromatic N) is 2. The zero-order valence-electron chi connectivity index (χ0n) is 13.7. The summed E-state index contributed by atoms with van der Waals surface area (Å²) >= 11 is 0. The summed E-state index contributed by atoms with van der Waals surface area (Å²) in [5.74, 6) is -0.205. The molecule has 1 aromatic heterocycles. The van der Waals surface area contributed by atoms with Crippen LogP contribution in [0.4, 0.5) is 13.2 Å². The van der Waals surface area contributed by atoms with Crippen LogP contribution in [0.15, 0.2) is 12.1 Å². The highest BCUT2D eigenvalue weighted by Crippen LogP contribution is 2.30. The van der Waals surface area contributed by atoms with E-state index in [0.717, 1.165) is 44.7 Å². The number of halogens is 3. The van der Waals surface area contributed by atoms with Crippen LogP contribution in [0.1, 0.15) is 53.8 Å². The van der Waals surface area contributed by atoms with Gasteiger partial charge in [0, 0.05) is 18.6 Å². The molecular weight excluding hydrogens is 319 g/mol. The first-order valence-electron chi connectivity index (χ1n) is 8.47. The number of aromatic nitrogens is 1. The zero-order valence-corrected chi connectivity index (χ0v) is 13.7. The number of aryl methyl sites for hydroxylation is 1. The first-order chi connectivity index (χ1) is 11.4. The van der Waals surface area contributed by atoms with E-state index in [1.165, 1.54) is 13.0 Å². The highest BCUT2D eigenvalue weighted by molar-refractivity contribution is 5.95. The standard InChI is InChI=1S/C17H22F3N3O/c1-11-12(6-7-15(22-11)17(18,19)20)16(24)23-10-8-13-14(23)5-3-2-4-9-21-13/h6-7,13-14,21H,2-5,8-10H2,1H3/t13-,14-/m1/s1. The largest absolute Gasteiger partial charge is 0.433 e. The summed E-state index contributed by atoms with van der Waals surface area (Å²) in [6.07, 6.45) is 0.712. The van der Waals surface area contributed by atoms with Crippen molar-refractivity contribution in [2.45, 2.75) is 57.3 Å². The van der Waals surface area contributed by atoms with Crippen molar-refractivity contribution in [1.82, 2.24) is 15.2 Å². The number of carbonyl (C=O) groups excluding carboxylic acids is 1. The number of rotatable bonds is 1. The number of alkyl halides is 3. The van der Waals surface area contributed by atoms with Crippen molar-refractivity contribution in [2.75, 3.05) is 13.1 Å². The third-order valence-electron chi connectivity index (χ3n) is 5.00. The van der Waals surface area contributed by atoms with E-state index in [4.69, 9.17) is 0 Å². The van der Waals surface area contributed by atoms with E-state index in [1.807, 2.05) is 4.90 Å². The monoisotopic (exact) mass is 341 g/mol. The molecule has 3 rings (SSSR count). The van der Waals surface area contributed by atoms with Crippen molar-refractivity contribution in [3.05, 3.63) is 29.1 Å². The summed E-state index contributed by atoms with van der Waals surface area (Å²) in [6, 6.07) is 2.57. The Kier molecular flexibility index (Phi) is 4.80. The molecule has 0 saturated carbocycles. The van der Waals surface area contributed by atoms with Crippen LogP contribution in [0.25, 0.3) is 0 Å². The molecule has 2 fully saturated rings. The molecule has 2 aliphatic rings. The molecule has 4 nitrogen and oxygen atoms in total. The molecule has 7 heteroatoms. The lowest BCUT2D eigenvalue weighted by Crippen LogP contribution is -2.46. The van der Waals surface area contributed by atoms with Gasteiger partial charge in [0.2, 0.25) is 0 Å². The van der Waals surface area contributed by atoms with Gasteiger partial charge in [-0.25, -0.2) is 4.98 Å². The molecule has 132 valence electrons. The quantitative estimate of drug-likeness (QED) is 0.853. The molecule has 24 heavy (non-hydrogen) atoms. The number of amides is 1. The van der Waals surface area contributed by atoms with Gasteiger partial charge in [0.1, 0.15) is 5.69 Å². The summed E-state index contributed by atoms with van der Waals surface area (Å²) < 4.78 is 38.2. The van der Waals surface area contributed by atoms with Gasteiger partial charge in [0.05, 0.1) is 11.3 Å². The second-order valence-electron chi connectivity index (χ2n) is 6.59. The maximum Gasteiger partial charge on any atom is 0.433 e. The van der Waals surface area contributed by atoms with Gasteiger partial charge in [0.15, 0.2) is 0 Å². The minimum Gasteiger partial charge on any atom is -0.334 e. The Morgan fingerprint density at radius 2 is 2.04 bits per heavy atom. The van der Waals surface area contributed by atoms with Crippen LogP contribution in [-0.4, -0.2) is 41.0 Å². The van der Waals surface area contributed by atoms with Gasteiger partial charge in [-0.15, -0.1) is 0 Å². The molecule has 1 N–H and O–H groups in total. The molecule has 0 unspecified atom stereocenters. The van der Waals surface area contributed by atoms with Crippen LogP contribution in [0.2, 0.25) is 0 Å². The van der Waals surface area contributed by atoms with Crippen molar-refractivity contribution in [2.24, 2.45) is 0 Å². The molecule has 3 heterocycles. The van der Waals surface area contributed by atoms with Crippen LogP contribution >= 0.6 is 0 Å². The first-order valence-corrected chi connectivity index (χ1v) is 8.47. The Morgan fingerprint density at radius 3 is 2.75 bits per heavy atom. The van der Waals surface area contributed by atoms with Gasteiger partial charge in [-0.2, -0.15) is 13.2 Å². The van der Waals surface area contributed by atoms with E-state index < -0.39 is 11.9 Å². The molecule has 2 saturated heterocycles. The van der Waals surface area contributed by atoms with E-state index in [0.29, 0.717) is 6.54 Å². The predicted molar refractivity (Wildman–Crippen MR) is 83.7 cm³/mol. The molecule has 0 bridgehead atoms. The summed E-state index contributed by atoms with van der Waals surface area (Å²) in [5.41, 5.74) is -0.550. The van der Waals surface area contributed by atoms with E-state index in [1.54, 1.807) is 0 Å². The van der Waals surface area contributed by atoms with Crippen LogP contribution in [-0.2, 0) is 6.18 Å². The van der Waals surface area contributed by atoms with Crippen molar-refractivity contribution in [1.29, 1.82) is 0 Å². The van der Waals surface area contributed by atoms with Crippen LogP contribution in [0, 0.1) is 6.92 Å². The van der Waals surface area contributed by atoms with Gasteiger partial charge in [-0.05, 0) is 44.9 Å². The smallest absolute Gasteiger partial charge is 0.334 e. The maximum absolute atomic E-state index is 12.9. The zero-order chi connectivity index (χ0) is 17.3. The fraction of sp³-hybridized carbons (Fsp3) is 0.647. The lowest BCUT2D eigenvalue weighted by Gasteiger charge is -2.30. The van der Waals surface area contributed by atoms with E-state index in [2.05, 4.69) is 10.3 Å². The summed E-state index contributed by atoms with van der Waals surface area (Å²) in [7, 11) is 0. The Morgan fingerprint density at radius 1 is 1.25 bits per heavy atom. The summed E-state index contributed by atoms with van der Waals surface area (Å²) in [5, 5.41) is 3.51. The molecule has 0 spiro atoms. The van der Waals surface area contributed by atoms with Crippen molar-refractivity contribution in [3.63, 3.8) is 0 Å². The number of likely N-dealkylation sites (tertiary alicyclic amines) is 1. The molecule has 1 aromatic rings. The van der Waals surface area contributed by atoms with Gasteiger partial charge >= 0.3 is 6.18 Å². The van der Waals surface area contributed by atoms with E-state index in [-0.39, 0.29) is 29.2 Å². The van der Waals surface area contributed by atoms with Crippen molar-refractivity contribution < 1.29 is 18.0 Å². The van der Waals surface area contributed by atoms with Crippen LogP contribution < -0.4 is 5.32 Å². The average Bonchev–Trinajstić information content (AvgIpc) is 2.87. The summed E-state index contributed by atoms with van der Waals surface area (Å²) in [4.78, 5) is 18.3.